The summed E-state index contributed by atoms with van der Waals surface area (Å²) in [7, 11) is -4.23. The fourth-order valence-corrected chi connectivity index (χ4v) is 3.55. The Bertz CT molecular complexity index is 981. The molecule has 4 N–H and O–H groups in total. The molecule has 0 spiro atoms. The summed E-state index contributed by atoms with van der Waals surface area (Å²) in [5.74, 6) is -2.05. The molecule has 0 bridgehead atoms. The van der Waals surface area contributed by atoms with Gasteiger partial charge in [-0.05, 0) is 23.8 Å². The number of hydrogen-bond acceptors (Lipinski definition) is 6. The van der Waals surface area contributed by atoms with Gasteiger partial charge in [0.05, 0.1) is 0 Å². The fraction of sp³-hybridized carbons (Fsp3) is 0.143. The van der Waals surface area contributed by atoms with Crippen LogP contribution in [0.2, 0.25) is 0 Å². The summed E-state index contributed by atoms with van der Waals surface area (Å²) in [6.45, 7) is -0.551. The third-order valence-corrected chi connectivity index (χ3v) is 4.80. The van der Waals surface area contributed by atoms with Gasteiger partial charge in [-0.1, -0.05) is 6.07 Å². The molecule has 9 nitrogen and oxygen atoms in total. The number of nitrogens with zero attached hydrogens (tertiary/aromatic N) is 1. The summed E-state index contributed by atoms with van der Waals surface area (Å²) in [6, 6.07) is 6.66. The van der Waals surface area contributed by atoms with Crippen molar-refractivity contribution in [2.75, 3.05) is 16.2 Å². The molecule has 132 valence electrons. The van der Waals surface area contributed by atoms with Crippen molar-refractivity contribution in [1.29, 1.82) is 0 Å². The Morgan fingerprint density at radius 2 is 2.04 bits per heavy atom. The second kappa shape index (κ2) is 6.09. The molecule has 0 radical (unpaired) electrons. The van der Waals surface area contributed by atoms with Crippen molar-refractivity contribution < 1.29 is 22.7 Å². The molecular formula is C14H13FN4O5S. The highest BCUT2D eigenvalue weighted by atomic mass is 32.2. The monoisotopic (exact) mass is 368 g/mol. The Kier molecular flexibility index (Phi) is 4.08. The van der Waals surface area contributed by atoms with Gasteiger partial charge in [-0.3, -0.25) is 9.59 Å². The van der Waals surface area contributed by atoms with Crippen molar-refractivity contribution in [2.45, 2.75) is 6.54 Å². The number of halogens is 1. The normalized spacial score (nSPS) is 15.9. The van der Waals surface area contributed by atoms with Crippen LogP contribution in [0.4, 0.5) is 15.9 Å². The van der Waals surface area contributed by atoms with Gasteiger partial charge in [-0.15, -0.1) is 0 Å². The number of carbonyl (C=O) groups excluding carboxylic acids is 1. The molecule has 0 aliphatic carbocycles. The number of anilines is 2. The van der Waals surface area contributed by atoms with Gasteiger partial charge in [0, 0.05) is 12.6 Å². The topological polar surface area (TPSA) is 132 Å². The molecule has 25 heavy (non-hydrogen) atoms. The SMILES string of the molecule is O=C1CN(c2c(O)cc(CNc3cccc(=O)[nH]3)cc2F)S(=O)(=O)N1. The minimum absolute atomic E-state index is 0.0641. The third kappa shape index (κ3) is 3.40. The van der Waals surface area contributed by atoms with Crippen LogP contribution in [0.1, 0.15) is 5.56 Å². The first kappa shape index (κ1) is 16.8. The van der Waals surface area contributed by atoms with Crippen LogP contribution in [0.3, 0.4) is 0 Å². The van der Waals surface area contributed by atoms with E-state index in [2.05, 4.69) is 10.3 Å². The molecule has 2 heterocycles. The molecular weight excluding hydrogens is 355 g/mol. The number of pyridine rings is 1. The average molecular weight is 368 g/mol. The van der Waals surface area contributed by atoms with Gasteiger partial charge in [0.2, 0.25) is 5.56 Å². The molecule has 1 aromatic carbocycles. The van der Waals surface area contributed by atoms with E-state index in [1.807, 2.05) is 0 Å². The molecule has 0 atom stereocenters. The maximum atomic E-state index is 14.3. The smallest absolute Gasteiger partial charge is 0.326 e. The predicted molar refractivity (Wildman–Crippen MR) is 86.9 cm³/mol. The molecule has 1 aliphatic rings. The van der Waals surface area contributed by atoms with Gasteiger partial charge in [0.1, 0.15) is 23.8 Å². The minimum atomic E-state index is -4.23. The summed E-state index contributed by atoms with van der Waals surface area (Å²) in [5, 5.41) is 12.9. The van der Waals surface area contributed by atoms with E-state index in [4.69, 9.17) is 0 Å². The number of phenols is 1. The first-order chi connectivity index (χ1) is 11.8. The van der Waals surface area contributed by atoms with E-state index in [1.54, 1.807) is 10.8 Å². The zero-order chi connectivity index (χ0) is 18.2. The van der Waals surface area contributed by atoms with E-state index in [0.29, 0.717) is 15.7 Å². The van der Waals surface area contributed by atoms with E-state index in [0.717, 1.165) is 6.07 Å². The number of rotatable bonds is 4. The number of carbonyl (C=O) groups is 1. The number of H-pyrrole nitrogens is 1. The average Bonchev–Trinajstić information content (AvgIpc) is 2.77. The zero-order valence-corrected chi connectivity index (χ0v) is 13.4. The summed E-state index contributed by atoms with van der Waals surface area (Å²) in [6.07, 6.45) is 0. The number of aromatic nitrogens is 1. The van der Waals surface area contributed by atoms with Crippen molar-refractivity contribution in [3.8, 4) is 5.75 Å². The molecule has 1 amide bonds. The van der Waals surface area contributed by atoms with Crippen LogP contribution >= 0.6 is 0 Å². The van der Waals surface area contributed by atoms with Crippen molar-refractivity contribution in [3.05, 3.63) is 52.1 Å². The number of amides is 1. The van der Waals surface area contributed by atoms with Gasteiger partial charge < -0.3 is 15.4 Å². The number of aromatic hydroxyl groups is 1. The Labute approximate surface area is 141 Å². The summed E-state index contributed by atoms with van der Waals surface area (Å²) in [5.41, 5.74) is -0.611. The number of hydrogen-bond donors (Lipinski definition) is 4. The maximum absolute atomic E-state index is 14.3. The lowest BCUT2D eigenvalue weighted by atomic mass is 10.1. The Hall–Kier alpha value is -3.08. The number of aromatic amines is 1. The van der Waals surface area contributed by atoms with Gasteiger partial charge in [0.15, 0.2) is 5.82 Å². The van der Waals surface area contributed by atoms with Crippen LogP contribution < -0.4 is 19.9 Å². The first-order valence-electron chi connectivity index (χ1n) is 7.04. The quantitative estimate of drug-likeness (QED) is 0.601. The van der Waals surface area contributed by atoms with Gasteiger partial charge >= 0.3 is 10.2 Å². The molecule has 3 rings (SSSR count). The molecule has 11 heteroatoms. The summed E-state index contributed by atoms with van der Waals surface area (Å²) >= 11 is 0. The predicted octanol–water partition coefficient (Wildman–Crippen LogP) is 0.0127. The van der Waals surface area contributed by atoms with Crippen molar-refractivity contribution in [3.63, 3.8) is 0 Å². The molecule has 1 aromatic heterocycles. The fourth-order valence-electron chi connectivity index (χ4n) is 2.38. The highest BCUT2D eigenvalue weighted by Gasteiger charge is 2.37. The Balaban J connectivity index is 1.85. The van der Waals surface area contributed by atoms with Crippen LogP contribution in [0.5, 0.6) is 5.75 Å². The third-order valence-electron chi connectivity index (χ3n) is 3.42. The van der Waals surface area contributed by atoms with Gasteiger partial charge in [-0.25, -0.2) is 13.4 Å². The second-order valence-corrected chi connectivity index (χ2v) is 6.86. The molecule has 0 unspecified atom stereocenters. The maximum Gasteiger partial charge on any atom is 0.326 e. The van der Waals surface area contributed by atoms with Crippen LogP contribution in [-0.4, -0.2) is 31.0 Å². The lowest BCUT2D eigenvalue weighted by Gasteiger charge is -2.18. The van der Waals surface area contributed by atoms with E-state index in [1.165, 1.54) is 18.2 Å². The summed E-state index contributed by atoms with van der Waals surface area (Å²) < 4.78 is 40.0. The minimum Gasteiger partial charge on any atom is -0.506 e. The second-order valence-electron chi connectivity index (χ2n) is 5.26. The number of nitrogens with one attached hydrogen (secondary N) is 3. The Morgan fingerprint density at radius 1 is 1.28 bits per heavy atom. The van der Waals surface area contributed by atoms with E-state index < -0.39 is 39.9 Å². The highest BCUT2D eigenvalue weighted by Crippen LogP contribution is 2.34. The van der Waals surface area contributed by atoms with Crippen LogP contribution in [0, 0.1) is 5.82 Å². The van der Waals surface area contributed by atoms with Crippen LogP contribution in [-0.2, 0) is 21.5 Å². The number of phenolic OH excluding ortho intramolecular Hbond substituents is 1. The molecule has 0 saturated carbocycles. The van der Waals surface area contributed by atoms with E-state index in [-0.39, 0.29) is 12.1 Å². The van der Waals surface area contributed by atoms with Crippen molar-refractivity contribution >= 4 is 27.6 Å². The highest BCUT2D eigenvalue weighted by molar-refractivity contribution is 7.92. The summed E-state index contributed by atoms with van der Waals surface area (Å²) in [4.78, 5) is 25.0. The molecule has 1 saturated heterocycles. The zero-order valence-electron chi connectivity index (χ0n) is 12.6. The lowest BCUT2D eigenvalue weighted by Crippen LogP contribution is -2.30. The van der Waals surface area contributed by atoms with E-state index >= 15 is 0 Å². The molecule has 2 aromatic rings. The van der Waals surface area contributed by atoms with Crippen LogP contribution in [0.15, 0.2) is 35.1 Å². The van der Waals surface area contributed by atoms with Crippen LogP contribution in [0.25, 0.3) is 0 Å². The first-order valence-corrected chi connectivity index (χ1v) is 8.48. The standard InChI is InChI=1S/C14H13FN4O5S/c15-9-4-8(6-16-11-2-1-3-12(21)17-11)5-10(20)14(9)19-7-13(22)18-25(19,23)24/h1-5,20H,6-7H2,(H,18,22)(H2,16,17,21). The van der Waals surface area contributed by atoms with Crippen molar-refractivity contribution in [1.82, 2.24) is 9.71 Å². The largest absolute Gasteiger partial charge is 0.506 e. The van der Waals surface area contributed by atoms with E-state index in [9.17, 15) is 27.5 Å². The lowest BCUT2D eigenvalue weighted by molar-refractivity contribution is -0.117. The molecule has 1 fully saturated rings. The molecule has 1 aliphatic heterocycles. The van der Waals surface area contributed by atoms with Crippen molar-refractivity contribution in [2.24, 2.45) is 0 Å². The van der Waals surface area contributed by atoms with Gasteiger partial charge in [-0.2, -0.15) is 8.42 Å². The van der Waals surface area contributed by atoms with Gasteiger partial charge in [0.25, 0.3) is 5.91 Å². The number of benzene rings is 1. The Morgan fingerprint density at radius 3 is 2.64 bits per heavy atom.